The van der Waals surface area contributed by atoms with Crippen LogP contribution in [-0.4, -0.2) is 36.4 Å². The van der Waals surface area contributed by atoms with Crippen molar-refractivity contribution in [1.29, 1.82) is 0 Å². The third kappa shape index (κ3) is 4.31. The molecule has 0 radical (unpaired) electrons. The van der Waals surface area contributed by atoms with Crippen LogP contribution in [0.1, 0.15) is 21.6 Å². The van der Waals surface area contributed by atoms with Crippen molar-refractivity contribution in [3.63, 3.8) is 0 Å². The van der Waals surface area contributed by atoms with Crippen LogP contribution in [0.15, 0.2) is 42.6 Å². The maximum Gasteiger partial charge on any atom is 0.253 e. The summed E-state index contributed by atoms with van der Waals surface area (Å²) in [5.74, 6) is 0.0366. The second kappa shape index (κ2) is 6.88. The van der Waals surface area contributed by atoms with Gasteiger partial charge in [0.15, 0.2) is 0 Å². The lowest BCUT2D eigenvalue weighted by Crippen LogP contribution is -2.21. The zero-order chi connectivity index (χ0) is 15.2. The molecule has 0 fully saturated rings. The van der Waals surface area contributed by atoms with Crippen LogP contribution >= 0.6 is 0 Å². The van der Waals surface area contributed by atoms with E-state index in [0.29, 0.717) is 0 Å². The van der Waals surface area contributed by atoms with Crippen LogP contribution in [0.25, 0.3) is 0 Å². The Morgan fingerprint density at radius 2 is 2.05 bits per heavy atom. The van der Waals surface area contributed by atoms with Crippen molar-refractivity contribution >= 4 is 11.6 Å². The number of nitrogens with one attached hydrogen (secondary N) is 1. The molecule has 2 aromatic rings. The first-order valence-electron chi connectivity index (χ1n) is 7.03. The summed E-state index contributed by atoms with van der Waals surface area (Å²) in [6, 6.07) is 11.8. The molecule has 110 valence electrons. The fourth-order valence-electron chi connectivity index (χ4n) is 2.12. The lowest BCUT2D eigenvalue weighted by molar-refractivity contribution is 0.0827. The zero-order valence-corrected chi connectivity index (χ0v) is 12.8. The number of carbonyl (C=O) groups is 1. The van der Waals surface area contributed by atoms with Gasteiger partial charge >= 0.3 is 0 Å². The highest BCUT2D eigenvalue weighted by molar-refractivity contribution is 5.94. The summed E-state index contributed by atoms with van der Waals surface area (Å²) < 4.78 is 0. The van der Waals surface area contributed by atoms with Gasteiger partial charge in [-0.05, 0) is 43.2 Å². The molecule has 1 aromatic carbocycles. The van der Waals surface area contributed by atoms with Gasteiger partial charge in [-0.15, -0.1) is 0 Å². The first kappa shape index (κ1) is 15.0. The molecule has 1 aromatic heterocycles. The molecule has 0 unspecified atom stereocenters. The molecule has 0 aliphatic heterocycles. The lowest BCUT2D eigenvalue weighted by atomic mass is 10.1. The highest BCUT2D eigenvalue weighted by Crippen LogP contribution is 2.10. The Bertz CT molecular complexity index is 623. The van der Waals surface area contributed by atoms with Crippen LogP contribution in [0.4, 0.5) is 5.69 Å². The zero-order valence-electron chi connectivity index (χ0n) is 12.8. The van der Waals surface area contributed by atoms with Gasteiger partial charge in [-0.25, -0.2) is 0 Å². The van der Waals surface area contributed by atoms with Gasteiger partial charge in [-0.1, -0.05) is 12.1 Å². The highest BCUT2D eigenvalue weighted by atomic mass is 16.2. The number of aryl methyl sites for hydroxylation is 1. The van der Waals surface area contributed by atoms with Crippen molar-refractivity contribution < 1.29 is 4.79 Å². The van der Waals surface area contributed by atoms with E-state index >= 15 is 0 Å². The van der Waals surface area contributed by atoms with Crippen LogP contribution < -0.4 is 5.32 Å². The molecule has 4 nitrogen and oxygen atoms in total. The second-order valence-corrected chi connectivity index (χ2v) is 5.26. The van der Waals surface area contributed by atoms with E-state index in [4.69, 9.17) is 0 Å². The summed E-state index contributed by atoms with van der Waals surface area (Å²) in [4.78, 5) is 17.7. The molecule has 0 saturated carbocycles. The smallest absolute Gasteiger partial charge is 0.253 e. The fourth-order valence-corrected chi connectivity index (χ4v) is 2.12. The van der Waals surface area contributed by atoms with Crippen molar-refractivity contribution in [2.75, 3.05) is 26.0 Å². The Balaban J connectivity index is 1.94. The van der Waals surface area contributed by atoms with Gasteiger partial charge in [0.25, 0.3) is 5.91 Å². The third-order valence-electron chi connectivity index (χ3n) is 3.22. The summed E-state index contributed by atoms with van der Waals surface area (Å²) in [5.41, 5.74) is 3.96. The number of benzene rings is 1. The molecule has 0 atom stereocenters. The molecule has 0 bridgehead atoms. The minimum Gasteiger partial charge on any atom is -0.385 e. The standard InChI is InChI=1S/C17H21N3O/c1-13-11-16(8-10-18-13)19-9-7-14-5-4-6-15(12-14)17(21)20(2)3/h4-6,8,10-12H,7,9H2,1-3H3,(H,18,19). The van der Waals surface area contributed by atoms with Crippen molar-refractivity contribution in [3.05, 3.63) is 59.4 Å². The van der Waals surface area contributed by atoms with Crippen molar-refractivity contribution in [1.82, 2.24) is 9.88 Å². The topological polar surface area (TPSA) is 45.2 Å². The Morgan fingerprint density at radius 3 is 2.76 bits per heavy atom. The molecule has 21 heavy (non-hydrogen) atoms. The monoisotopic (exact) mass is 283 g/mol. The van der Waals surface area contributed by atoms with E-state index in [1.54, 1.807) is 25.2 Å². The van der Waals surface area contributed by atoms with Crippen molar-refractivity contribution in [3.8, 4) is 0 Å². The normalized spacial score (nSPS) is 10.2. The quantitative estimate of drug-likeness (QED) is 0.917. The lowest BCUT2D eigenvalue weighted by Gasteiger charge is -2.11. The van der Waals surface area contributed by atoms with Crippen LogP contribution in [0.3, 0.4) is 0 Å². The molecule has 0 saturated heterocycles. The van der Waals surface area contributed by atoms with Crippen LogP contribution in [0.5, 0.6) is 0 Å². The number of pyridine rings is 1. The van der Waals surface area contributed by atoms with Gasteiger partial charge in [0.05, 0.1) is 0 Å². The van der Waals surface area contributed by atoms with Crippen molar-refractivity contribution in [2.24, 2.45) is 0 Å². The predicted octanol–water partition coefficient (Wildman–Crippen LogP) is 2.75. The van der Waals surface area contributed by atoms with Gasteiger partial charge in [0.2, 0.25) is 0 Å². The summed E-state index contributed by atoms with van der Waals surface area (Å²) in [6.45, 7) is 2.80. The van der Waals surface area contributed by atoms with Crippen LogP contribution in [0, 0.1) is 6.92 Å². The summed E-state index contributed by atoms with van der Waals surface area (Å²) >= 11 is 0. The number of anilines is 1. The van der Waals surface area contributed by atoms with Gasteiger partial charge < -0.3 is 10.2 Å². The Hall–Kier alpha value is -2.36. The molecular weight excluding hydrogens is 262 g/mol. The Kier molecular flexibility index (Phi) is 4.93. The fraction of sp³-hybridized carbons (Fsp3) is 0.294. The van der Waals surface area contributed by atoms with Gasteiger partial charge in [-0.3, -0.25) is 9.78 Å². The molecule has 2 rings (SSSR count). The predicted molar refractivity (Wildman–Crippen MR) is 85.6 cm³/mol. The first-order chi connectivity index (χ1) is 10.1. The maximum absolute atomic E-state index is 11.9. The van der Waals surface area contributed by atoms with Gasteiger partial charge in [-0.2, -0.15) is 0 Å². The van der Waals surface area contributed by atoms with Crippen LogP contribution in [0.2, 0.25) is 0 Å². The number of amides is 1. The minimum absolute atomic E-state index is 0.0366. The first-order valence-corrected chi connectivity index (χ1v) is 7.03. The largest absolute Gasteiger partial charge is 0.385 e. The van der Waals surface area contributed by atoms with E-state index in [-0.39, 0.29) is 5.91 Å². The van der Waals surface area contributed by atoms with Crippen molar-refractivity contribution in [2.45, 2.75) is 13.3 Å². The van der Waals surface area contributed by atoms with E-state index in [9.17, 15) is 4.79 Å². The van der Waals surface area contributed by atoms with E-state index in [2.05, 4.69) is 10.3 Å². The highest BCUT2D eigenvalue weighted by Gasteiger charge is 2.07. The summed E-state index contributed by atoms with van der Waals surface area (Å²) in [6.07, 6.45) is 2.67. The summed E-state index contributed by atoms with van der Waals surface area (Å²) in [7, 11) is 3.53. The van der Waals surface area contributed by atoms with E-state index < -0.39 is 0 Å². The van der Waals surface area contributed by atoms with Gasteiger partial charge in [0.1, 0.15) is 0 Å². The van der Waals surface area contributed by atoms with Crippen LogP contribution in [-0.2, 0) is 6.42 Å². The van der Waals surface area contributed by atoms with E-state index in [1.165, 1.54) is 0 Å². The molecule has 1 heterocycles. The molecular formula is C17H21N3O. The van der Waals surface area contributed by atoms with Gasteiger partial charge in [0, 0.05) is 43.8 Å². The maximum atomic E-state index is 11.9. The average Bonchev–Trinajstić information content (AvgIpc) is 2.47. The number of carbonyl (C=O) groups excluding carboxylic acids is 1. The Labute approximate surface area is 125 Å². The summed E-state index contributed by atoms with van der Waals surface area (Å²) in [5, 5.41) is 3.37. The molecule has 1 N–H and O–H groups in total. The number of nitrogens with zero attached hydrogens (tertiary/aromatic N) is 2. The number of hydrogen-bond acceptors (Lipinski definition) is 3. The molecule has 0 aliphatic rings. The van der Waals surface area contributed by atoms with E-state index in [0.717, 1.165) is 35.5 Å². The number of rotatable bonds is 5. The minimum atomic E-state index is 0.0366. The second-order valence-electron chi connectivity index (χ2n) is 5.26. The molecule has 0 spiro atoms. The number of aromatic nitrogens is 1. The average molecular weight is 283 g/mol. The molecule has 0 aliphatic carbocycles. The number of hydrogen-bond donors (Lipinski definition) is 1. The van der Waals surface area contributed by atoms with E-state index in [1.807, 2.05) is 43.3 Å². The molecule has 1 amide bonds. The SMILES string of the molecule is Cc1cc(NCCc2cccc(C(=O)N(C)C)c2)ccn1. The Morgan fingerprint density at radius 1 is 1.24 bits per heavy atom. The molecule has 4 heteroatoms. The third-order valence-corrected chi connectivity index (χ3v) is 3.22.